The Kier molecular flexibility index (Phi) is 7.91. The minimum Gasteiger partial charge on any atom is -0.322 e. The number of hydrogen-bond donors (Lipinski definition) is 1. The summed E-state index contributed by atoms with van der Waals surface area (Å²) in [6.45, 7) is 7.08. The van der Waals surface area contributed by atoms with Crippen LogP contribution in [0, 0.1) is 13.8 Å². The van der Waals surface area contributed by atoms with Gasteiger partial charge in [0.05, 0.1) is 28.7 Å². The molecule has 1 amide bonds. The predicted octanol–water partition coefficient (Wildman–Crippen LogP) is 4.96. The summed E-state index contributed by atoms with van der Waals surface area (Å²) in [7, 11) is 3.84. The van der Waals surface area contributed by atoms with Gasteiger partial charge in [0, 0.05) is 62.3 Å². The lowest BCUT2D eigenvalue weighted by Gasteiger charge is -2.32. The molecular formula is C28H30ClF3N8O. The zero-order chi connectivity index (χ0) is 29.5. The van der Waals surface area contributed by atoms with E-state index in [1.54, 1.807) is 40.0 Å². The van der Waals surface area contributed by atoms with E-state index in [4.69, 9.17) is 11.6 Å². The van der Waals surface area contributed by atoms with Gasteiger partial charge in [0.2, 0.25) is 0 Å². The van der Waals surface area contributed by atoms with Crippen molar-refractivity contribution in [3.05, 3.63) is 75.7 Å². The van der Waals surface area contributed by atoms with Gasteiger partial charge in [-0.1, -0.05) is 22.9 Å². The van der Waals surface area contributed by atoms with Crippen LogP contribution in [0.3, 0.4) is 0 Å². The van der Waals surface area contributed by atoms with E-state index in [1.165, 1.54) is 6.07 Å². The zero-order valence-electron chi connectivity index (χ0n) is 23.1. The summed E-state index contributed by atoms with van der Waals surface area (Å²) in [6, 6.07) is 7.39. The number of anilines is 1. The number of halogens is 4. The van der Waals surface area contributed by atoms with Crippen LogP contribution in [0.25, 0.3) is 16.9 Å². The van der Waals surface area contributed by atoms with E-state index in [2.05, 4.69) is 30.5 Å². The number of amides is 1. The molecule has 41 heavy (non-hydrogen) atoms. The predicted molar refractivity (Wildman–Crippen MR) is 150 cm³/mol. The number of hydrogen-bond acceptors (Lipinski definition) is 6. The van der Waals surface area contributed by atoms with E-state index in [9.17, 15) is 18.0 Å². The molecule has 5 rings (SSSR count). The maximum absolute atomic E-state index is 13.9. The highest BCUT2D eigenvalue weighted by Gasteiger charge is 2.35. The Bertz CT molecular complexity index is 1590. The molecule has 0 aliphatic carbocycles. The number of nitrogens with zero attached hydrogens (tertiary/aromatic N) is 7. The Balaban J connectivity index is 1.41. The van der Waals surface area contributed by atoms with Gasteiger partial charge in [-0.2, -0.15) is 18.3 Å². The van der Waals surface area contributed by atoms with E-state index in [-0.39, 0.29) is 22.8 Å². The summed E-state index contributed by atoms with van der Waals surface area (Å²) in [5.74, 6) is -0.560. The fourth-order valence-corrected chi connectivity index (χ4v) is 5.06. The largest absolute Gasteiger partial charge is 0.417 e. The Morgan fingerprint density at radius 2 is 1.80 bits per heavy atom. The van der Waals surface area contributed by atoms with Gasteiger partial charge in [-0.25, -0.2) is 4.68 Å². The fourth-order valence-electron chi connectivity index (χ4n) is 4.78. The second-order valence-electron chi connectivity index (χ2n) is 10.3. The average molecular weight is 587 g/mol. The first kappa shape index (κ1) is 28.8. The summed E-state index contributed by atoms with van der Waals surface area (Å²) < 4.78 is 45.0. The number of carbonyl (C=O) groups excluding carboxylic acids is 1. The van der Waals surface area contributed by atoms with E-state index in [0.717, 1.165) is 36.0 Å². The van der Waals surface area contributed by atoms with Crippen molar-refractivity contribution in [2.75, 3.05) is 38.5 Å². The van der Waals surface area contributed by atoms with Crippen LogP contribution in [0.15, 0.2) is 42.7 Å². The number of benzene rings is 2. The summed E-state index contributed by atoms with van der Waals surface area (Å²) in [4.78, 5) is 17.5. The number of alkyl halides is 3. The third kappa shape index (κ3) is 6.14. The second kappa shape index (κ2) is 11.3. The highest BCUT2D eigenvalue weighted by Crippen LogP contribution is 2.39. The fraction of sp³-hybridized carbons (Fsp3) is 0.357. The van der Waals surface area contributed by atoms with Crippen LogP contribution in [0.1, 0.15) is 32.7 Å². The number of carbonyl (C=O) groups is 1. The summed E-state index contributed by atoms with van der Waals surface area (Å²) in [6.07, 6.45) is -1.23. The third-order valence-corrected chi connectivity index (χ3v) is 7.87. The van der Waals surface area contributed by atoms with Crippen LogP contribution < -0.4 is 5.32 Å². The molecule has 0 bridgehead atoms. The Morgan fingerprint density at radius 1 is 1.07 bits per heavy atom. The molecule has 13 heteroatoms. The third-order valence-electron chi connectivity index (χ3n) is 7.42. The minimum atomic E-state index is -4.68. The summed E-state index contributed by atoms with van der Waals surface area (Å²) >= 11 is 6.24. The monoisotopic (exact) mass is 586 g/mol. The SMILES string of the molecule is Cc1ccc(C(=O)Nc2cc(CN3CCN(C)CC3)c(Cl)c(C(F)(F)F)c2)cc1-n1cc(-c2cnn(C)c2C)nn1. The lowest BCUT2D eigenvalue weighted by atomic mass is 10.1. The maximum Gasteiger partial charge on any atom is 0.417 e. The molecule has 2 aromatic carbocycles. The lowest BCUT2D eigenvalue weighted by Crippen LogP contribution is -2.43. The van der Waals surface area contributed by atoms with E-state index >= 15 is 0 Å². The summed E-state index contributed by atoms with van der Waals surface area (Å²) in [5.41, 5.74) is 3.44. The van der Waals surface area contributed by atoms with Crippen LogP contribution in [-0.2, 0) is 19.8 Å². The standard InChI is InChI=1S/C28H30ClF3N8O/c1-17-5-6-19(12-25(17)40-16-24(35-36-40)22-14-33-38(4)18(22)2)27(41)34-21-11-20(15-39-9-7-37(3)8-10-39)26(29)23(13-21)28(30,31)32/h5-6,11-14,16H,7-10,15H2,1-4H3,(H,34,41). The number of piperazine rings is 1. The number of aryl methyl sites for hydroxylation is 2. The first-order valence-corrected chi connectivity index (χ1v) is 13.4. The molecule has 0 saturated carbocycles. The van der Waals surface area contributed by atoms with Crippen molar-refractivity contribution in [1.29, 1.82) is 0 Å². The highest BCUT2D eigenvalue weighted by molar-refractivity contribution is 6.32. The molecule has 4 aromatic rings. The molecule has 0 spiro atoms. The maximum atomic E-state index is 13.9. The lowest BCUT2D eigenvalue weighted by molar-refractivity contribution is -0.137. The van der Waals surface area contributed by atoms with Gasteiger partial charge < -0.3 is 10.2 Å². The van der Waals surface area contributed by atoms with Crippen molar-refractivity contribution < 1.29 is 18.0 Å². The van der Waals surface area contributed by atoms with E-state index in [1.807, 2.05) is 27.9 Å². The zero-order valence-corrected chi connectivity index (χ0v) is 23.9. The number of likely N-dealkylation sites (N-methyl/N-ethyl adjacent to an activating group) is 1. The molecule has 2 aromatic heterocycles. The number of nitrogens with one attached hydrogen (secondary N) is 1. The van der Waals surface area contributed by atoms with Gasteiger partial charge in [-0.3, -0.25) is 14.4 Å². The van der Waals surface area contributed by atoms with Gasteiger partial charge in [-0.05, 0) is 56.3 Å². The van der Waals surface area contributed by atoms with Crippen molar-refractivity contribution in [1.82, 2.24) is 34.6 Å². The molecule has 0 radical (unpaired) electrons. The number of aromatic nitrogens is 5. The van der Waals surface area contributed by atoms with Crippen molar-refractivity contribution in [2.24, 2.45) is 7.05 Å². The molecule has 1 aliphatic heterocycles. The molecule has 9 nitrogen and oxygen atoms in total. The van der Waals surface area contributed by atoms with Crippen molar-refractivity contribution in [3.63, 3.8) is 0 Å². The van der Waals surface area contributed by atoms with Crippen LogP contribution >= 0.6 is 11.6 Å². The first-order chi connectivity index (χ1) is 19.4. The number of rotatable bonds is 6. The quantitative estimate of drug-likeness (QED) is 0.344. The smallest absolute Gasteiger partial charge is 0.322 e. The Labute approximate surface area is 240 Å². The summed E-state index contributed by atoms with van der Waals surface area (Å²) in [5, 5.41) is 15.0. The Hall–Kier alpha value is -3.74. The molecule has 0 atom stereocenters. The van der Waals surface area contributed by atoms with E-state index in [0.29, 0.717) is 30.0 Å². The molecule has 1 saturated heterocycles. The minimum absolute atomic E-state index is 0.0214. The van der Waals surface area contributed by atoms with Crippen molar-refractivity contribution >= 4 is 23.2 Å². The van der Waals surface area contributed by atoms with Crippen LogP contribution in [0.4, 0.5) is 18.9 Å². The van der Waals surface area contributed by atoms with Gasteiger partial charge in [-0.15, -0.1) is 5.10 Å². The molecule has 216 valence electrons. The van der Waals surface area contributed by atoms with Gasteiger partial charge in [0.1, 0.15) is 5.69 Å². The van der Waals surface area contributed by atoms with Gasteiger partial charge >= 0.3 is 6.18 Å². The van der Waals surface area contributed by atoms with Gasteiger partial charge in [0.25, 0.3) is 5.91 Å². The molecule has 1 N–H and O–H groups in total. The molecular weight excluding hydrogens is 557 g/mol. The highest BCUT2D eigenvalue weighted by atomic mass is 35.5. The Morgan fingerprint density at radius 3 is 2.46 bits per heavy atom. The topological polar surface area (TPSA) is 84.1 Å². The van der Waals surface area contributed by atoms with Crippen molar-refractivity contribution in [3.8, 4) is 16.9 Å². The normalized spacial score (nSPS) is 14.9. The van der Waals surface area contributed by atoms with E-state index < -0.39 is 17.6 Å². The van der Waals surface area contributed by atoms with Crippen LogP contribution in [0.2, 0.25) is 5.02 Å². The van der Waals surface area contributed by atoms with Crippen molar-refractivity contribution in [2.45, 2.75) is 26.6 Å². The van der Waals surface area contributed by atoms with Gasteiger partial charge in [0.15, 0.2) is 0 Å². The molecule has 1 aliphatic rings. The molecule has 0 unspecified atom stereocenters. The molecule has 1 fully saturated rings. The first-order valence-electron chi connectivity index (χ1n) is 13.0. The second-order valence-corrected chi connectivity index (χ2v) is 10.7. The van der Waals surface area contributed by atoms with Crippen LogP contribution in [-0.4, -0.2) is 73.7 Å². The molecule has 3 heterocycles. The van der Waals surface area contributed by atoms with Crippen LogP contribution in [0.5, 0.6) is 0 Å². The average Bonchev–Trinajstić information content (AvgIpc) is 3.53.